The monoisotopic (exact) mass is 288 g/mol. The molecule has 2 aromatic rings. The van der Waals surface area contributed by atoms with Gasteiger partial charge in [0, 0.05) is 29.6 Å². The van der Waals surface area contributed by atoms with Gasteiger partial charge in [0.2, 0.25) is 0 Å². The number of hydrogen-bond acceptors (Lipinski definition) is 2. The molecule has 0 bridgehead atoms. The molecule has 4 heteroatoms. The number of para-hydroxylation sites is 1. The highest BCUT2D eigenvalue weighted by Crippen LogP contribution is 2.23. The van der Waals surface area contributed by atoms with Gasteiger partial charge >= 0.3 is 0 Å². The number of nitrogens with two attached hydrogens (primary N) is 1. The zero-order valence-electron chi connectivity index (χ0n) is 11.9. The number of rotatable bonds is 5. The van der Waals surface area contributed by atoms with Gasteiger partial charge in [-0.25, -0.2) is 0 Å². The molecule has 1 heterocycles. The second kappa shape index (κ2) is 5.75. The molecule has 0 saturated heterocycles. The third-order valence-electron chi connectivity index (χ3n) is 3.75. The van der Waals surface area contributed by atoms with Crippen molar-refractivity contribution in [1.29, 1.82) is 0 Å². The van der Waals surface area contributed by atoms with Crippen molar-refractivity contribution in [3.05, 3.63) is 46.8 Å². The second-order valence-electron chi connectivity index (χ2n) is 5.74. The topological polar surface area (TPSA) is 48.0 Å². The number of aromatic nitrogens is 1. The molecular weight excluding hydrogens is 268 g/mol. The fourth-order valence-corrected chi connectivity index (χ4v) is 2.37. The van der Waals surface area contributed by atoms with Gasteiger partial charge in [0.25, 0.3) is 0 Å². The normalized spacial score (nSPS) is 11.7. The molecule has 0 atom stereocenters. The lowest BCUT2D eigenvalue weighted by molar-refractivity contribution is 0.439. The van der Waals surface area contributed by atoms with Crippen LogP contribution >= 0.6 is 12.2 Å². The van der Waals surface area contributed by atoms with Crippen molar-refractivity contribution in [2.45, 2.75) is 33.2 Å². The summed E-state index contributed by atoms with van der Waals surface area (Å²) in [6, 6.07) is 9.32. The van der Waals surface area contributed by atoms with Crippen LogP contribution in [0.3, 0.4) is 0 Å². The molecule has 106 valence electrons. The SMILES string of the molecule is CC(C)(CCCn1ccc(=O)c2ccccc21)C(N)=S. The minimum Gasteiger partial charge on any atom is -0.393 e. The Balaban J connectivity index is 2.17. The first-order chi connectivity index (χ1) is 9.42. The first-order valence-corrected chi connectivity index (χ1v) is 7.21. The lowest BCUT2D eigenvalue weighted by Crippen LogP contribution is -2.29. The maximum Gasteiger partial charge on any atom is 0.189 e. The Hall–Kier alpha value is -1.68. The zero-order chi connectivity index (χ0) is 14.8. The van der Waals surface area contributed by atoms with Crippen LogP contribution in [0.25, 0.3) is 10.9 Å². The Labute approximate surface area is 124 Å². The Bertz CT molecular complexity index is 688. The molecule has 1 aromatic carbocycles. The van der Waals surface area contributed by atoms with E-state index in [1.807, 2.05) is 30.5 Å². The number of thiocarbonyl (C=S) groups is 1. The van der Waals surface area contributed by atoms with Gasteiger partial charge < -0.3 is 10.3 Å². The highest BCUT2D eigenvalue weighted by atomic mass is 32.1. The number of pyridine rings is 1. The highest BCUT2D eigenvalue weighted by molar-refractivity contribution is 7.80. The van der Waals surface area contributed by atoms with Crippen molar-refractivity contribution >= 4 is 28.1 Å². The second-order valence-corrected chi connectivity index (χ2v) is 6.18. The summed E-state index contributed by atoms with van der Waals surface area (Å²) in [5.74, 6) is 0. The first kappa shape index (κ1) is 14.7. The molecule has 0 aliphatic rings. The maximum atomic E-state index is 11.8. The van der Waals surface area contributed by atoms with Crippen LogP contribution in [0, 0.1) is 5.41 Å². The summed E-state index contributed by atoms with van der Waals surface area (Å²) >= 11 is 5.09. The Kier molecular flexibility index (Phi) is 4.23. The van der Waals surface area contributed by atoms with E-state index >= 15 is 0 Å². The molecule has 2 rings (SSSR count). The molecule has 0 saturated carbocycles. The van der Waals surface area contributed by atoms with E-state index in [2.05, 4.69) is 18.4 Å². The van der Waals surface area contributed by atoms with Crippen LogP contribution in [0.5, 0.6) is 0 Å². The number of hydrogen-bond donors (Lipinski definition) is 1. The number of aryl methyl sites for hydroxylation is 1. The van der Waals surface area contributed by atoms with Crippen LogP contribution in [0.1, 0.15) is 26.7 Å². The van der Waals surface area contributed by atoms with E-state index in [0.29, 0.717) is 4.99 Å². The predicted octanol–water partition coefficient (Wildman–Crippen LogP) is 3.09. The molecule has 0 aliphatic carbocycles. The van der Waals surface area contributed by atoms with E-state index in [4.69, 9.17) is 18.0 Å². The van der Waals surface area contributed by atoms with Crippen molar-refractivity contribution in [3.8, 4) is 0 Å². The van der Waals surface area contributed by atoms with Crippen LogP contribution in [0.15, 0.2) is 41.3 Å². The lowest BCUT2D eigenvalue weighted by atomic mass is 9.88. The van der Waals surface area contributed by atoms with Crippen molar-refractivity contribution < 1.29 is 0 Å². The number of benzene rings is 1. The van der Waals surface area contributed by atoms with E-state index in [0.717, 1.165) is 30.3 Å². The molecule has 0 unspecified atom stereocenters. The van der Waals surface area contributed by atoms with Crippen molar-refractivity contribution in [2.24, 2.45) is 11.1 Å². The zero-order valence-corrected chi connectivity index (χ0v) is 12.7. The van der Waals surface area contributed by atoms with Crippen molar-refractivity contribution in [2.75, 3.05) is 0 Å². The molecule has 0 radical (unpaired) electrons. The third kappa shape index (κ3) is 3.07. The minimum absolute atomic E-state index is 0.0697. The van der Waals surface area contributed by atoms with E-state index in [-0.39, 0.29) is 10.8 Å². The molecular formula is C16H20N2OS. The fourth-order valence-electron chi connectivity index (χ4n) is 2.27. The Morgan fingerprint density at radius 2 is 2.00 bits per heavy atom. The van der Waals surface area contributed by atoms with E-state index in [9.17, 15) is 4.79 Å². The van der Waals surface area contributed by atoms with Gasteiger partial charge in [-0.3, -0.25) is 4.79 Å². The summed E-state index contributed by atoms with van der Waals surface area (Å²) in [5, 5.41) is 0.767. The number of nitrogens with zero attached hydrogens (tertiary/aromatic N) is 1. The van der Waals surface area contributed by atoms with Gasteiger partial charge in [0.05, 0.1) is 10.5 Å². The summed E-state index contributed by atoms with van der Waals surface area (Å²) in [6.45, 7) is 4.99. The Morgan fingerprint density at radius 1 is 1.30 bits per heavy atom. The van der Waals surface area contributed by atoms with Crippen LogP contribution in [-0.2, 0) is 6.54 Å². The molecule has 3 nitrogen and oxygen atoms in total. The summed E-state index contributed by atoms with van der Waals surface area (Å²) in [6.07, 6.45) is 3.76. The minimum atomic E-state index is -0.121. The highest BCUT2D eigenvalue weighted by Gasteiger charge is 2.20. The average molecular weight is 288 g/mol. The van der Waals surface area contributed by atoms with Crippen LogP contribution < -0.4 is 11.2 Å². The van der Waals surface area contributed by atoms with E-state index < -0.39 is 0 Å². The van der Waals surface area contributed by atoms with Gasteiger partial charge in [-0.15, -0.1) is 0 Å². The van der Waals surface area contributed by atoms with E-state index in [1.165, 1.54) is 0 Å². The largest absolute Gasteiger partial charge is 0.393 e. The van der Waals surface area contributed by atoms with Gasteiger partial charge in [0.1, 0.15) is 0 Å². The Morgan fingerprint density at radius 3 is 2.70 bits per heavy atom. The van der Waals surface area contributed by atoms with Crippen LogP contribution in [-0.4, -0.2) is 9.56 Å². The first-order valence-electron chi connectivity index (χ1n) is 6.80. The fraction of sp³-hybridized carbons (Fsp3) is 0.375. The molecule has 1 aromatic heterocycles. The van der Waals surface area contributed by atoms with Gasteiger partial charge in [0.15, 0.2) is 5.43 Å². The third-order valence-corrected chi connectivity index (χ3v) is 4.31. The summed E-state index contributed by atoms with van der Waals surface area (Å²) in [7, 11) is 0. The number of fused-ring (bicyclic) bond motifs is 1. The predicted molar refractivity (Wildman–Crippen MR) is 88.0 cm³/mol. The smallest absolute Gasteiger partial charge is 0.189 e. The molecule has 0 fully saturated rings. The lowest BCUT2D eigenvalue weighted by Gasteiger charge is -2.23. The average Bonchev–Trinajstić information content (AvgIpc) is 2.41. The summed E-state index contributed by atoms with van der Waals surface area (Å²) in [5.41, 5.74) is 6.67. The molecule has 0 amide bonds. The van der Waals surface area contributed by atoms with Crippen LogP contribution in [0.4, 0.5) is 0 Å². The maximum absolute atomic E-state index is 11.8. The molecule has 2 N–H and O–H groups in total. The van der Waals surface area contributed by atoms with Gasteiger partial charge in [-0.1, -0.05) is 38.2 Å². The summed E-state index contributed by atoms with van der Waals surface area (Å²) in [4.78, 5) is 12.4. The van der Waals surface area contributed by atoms with Gasteiger partial charge in [-0.05, 0) is 25.0 Å². The van der Waals surface area contributed by atoms with Crippen molar-refractivity contribution in [1.82, 2.24) is 4.57 Å². The van der Waals surface area contributed by atoms with Gasteiger partial charge in [-0.2, -0.15) is 0 Å². The molecule has 0 aliphatic heterocycles. The summed E-state index contributed by atoms with van der Waals surface area (Å²) < 4.78 is 2.12. The standard InChI is InChI=1S/C16H20N2OS/c1-16(2,15(17)20)9-5-10-18-11-8-14(19)12-6-3-4-7-13(12)18/h3-4,6-8,11H,5,9-10H2,1-2H3,(H2,17,20). The molecule has 20 heavy (non-hydrogen) atoms. The van der Waals surface area contributed by atoms with Crippen molar-refractivity contribution in [3.63, 3.8) is 0 Å². The van der Waals surface area contributed by atoms with E-state index in [1.54, 1.807) is 6.07 Å². The van der Waals surface area contributed by atoms with Crippen LogP contribution in [0.2, 0.25) is 0 Å². The molecule has 0 spiro atoms. The quantitative estimate of drug-likeness (QED) is 0.860.